The molecule has 0 aliphatic heterocycles. The number of nitrogens with two attached hydrogens (primary N) is 1. The molecular weight excluding hydrogens is 212 g/mol. The second kappa shape index (κ2) is 5.04. The van der Waals surface area contributed by atoms with E-state index in [0.717, 1.165) is 23.0 Å². The van der Waals surface area contributed by atoms with Crippen LogP contribution in [-0.4, -0.2) is 11.6 Å². The van der Waals surface area contributed by atoms with Crippen LogP contribution in [0.1, 0.15) is 20.3 Å². The number of nitrogens with zero attached hydrogens (tertiary/aromatic N) is 1. The minimum Gasteiger partial charge on any atom is -0.477 e. The first-order valence-electron chi connectivity index (χ1n) is 5.98. The average molecular weight is 230 g/mol. The van der Waals surface area contributed by atoms with Crippen LogP contribution in [0.3, 0.4) is 0 Å². The summed E-state index contributed by atoms with van der Waals surface area (Å²) in [6.07, 6.45) is 1.12. The maximum atomic E-state index is 5.72. The van der Waals surface area contributed by atoms with Crippen LogP contribution in [0.5, 0.6) is 5.88 Å². The Kier molecular flexibility index (Phi) is 3.47. The Labute approximate surface area is 102 Å². The molecule has 0 radical (unpaired) electrons. The molecule has 0 unspecified atom stereocenters. The molecule has 17 heavy (non-hydrogen) atoms. The Bertz CT molecular complexity index is 511. The van der Waals surface area contributed by atoms with Gasteiger partial charge >= 0.3 is 0 Å². The molecular formula is C14H18N2O. The van der Waals surface area contributed by atoms with Crippen molar-refractivity contribution in [2.45, 2.75) is 20.3 Å². The van der Waals surface area contributed by atoms with Crippen LogP contribution < -0.4 is 10.5 Å². The molecule has 0 fully saturated rings. The predicted molar refractivity (Wildman–Crippen MR) is 71.1 cm³/mol. The summed E-state index contributed by atoms with van der Waals surface area (Å²) >= 11 is 0. The standard InChI is InChI=1S/C14H18N2O/c1-3-10(2)9-17-14-7-4-11-8-12(15)5-6-13(11)16-14/h4-8,10H,3,9,15H2,1-2H3/t10-/m0/s1. The minimum absolute atomic E-state index is 0.555. The van der Waals surface area contributed by atoms with E-state index in [-0.39, 0.29) is 0 Å². The van der Waals surface area contributed by atoms with Gasteiger partial charge in [0.2, 0.25) is 5.88 Å². The smallest absolute Gasteiger partial charge is 0.213 e. The molecule has 3 nitrogen and oxygen atoms in total. The van der Waals surface area contributed by atoms with Gasteiger partial charge in [-0.05, 0) is 30.2 Å². The van der Waals surface area contributed by atoms with Gasteiger partial charge in [0.25, 0.3) is 0 Å². The minimum atomic E-state index is 0.555. The molecule has 3 heteroatoms. The number of aromatic nitrogens is 1. The first-order chi connectivity index (χ1) is 8.19. The number of benzene rings is 1. The third kappa shape index (κ3) is 2.87. The van der Waals surface area contributed by atoms with Gasteiger partial charge in [0.05, 0.1) is 12.1 Å². The molecule has 0 aliphatic rings. The molecule has 2 N–H and O–H groups in total. The maximum Gasteiger partial charge on any atom is 0.213 e. The number of hydrogen-bond acceptors (Lipinski definition) is 3. The number of ether oxygens (including phenoxy) is 1. The van der Waals surface area contributed by atoms with Crippen LogP contribution in [0.2, 0.25) is 0 Å². The van der Waals surface area contributed by atoms with Crippen LogP contribution in [0.25, 0.3) is 10.9 Å². The highest BCUT2D eigenvalue weighted by Gasteiger charge is 2.03. The molecule has 0 saturated carbocycles. The van der Waals surface area contributed by atoms with Gasteiger partial charge in [-0.15, -0.1) is 0 Å². The van der Waals surface area contributed by atoms with E-state index in [9.17, 15) is 0 Å². The summed E-state index contributed by atoms with van der Waals surface area (Å²) in [7, 11) is 0. The number of rotatable bonds is 4. The number of nitrogen functional groups attached to an aromatic ring is 1. The molecule has 2 aromatic rings. The van der Waals surface area contributed by atoms with E-state index in [4.69, 9.17) is 10.5 Å². The fraction of sp³-hybridized carbons (Fsp3) is 0.357. The molecule has 1 atom stereocenters. The summed E-state index contributed by atoms with van der Waals surface area (Å²) in [6.45, 7) is 5.04. The number of fused-ring (bicyclic) bond motifs is 1. The third-order valence-electron chi connectivity index (χ3n) is 2.90. The van der Waals surface area contributed by atoms with Crippen LogP contribution in [0, 0.1) is 5.92 Å². The van der Waals surface area contributed by atoms with Crippen LogP contribution in [-0.2, 0) is 0 Å². The van der Waals surface area contributed by atoms with Gasteiger partial charge in [0, 0.05) is 17.1 Å². The van der Waals surface area contributed by atoms with Gasteiger partial charge in [-0.1, -0.05) is 20.3 Å². The zero-order chi connectivity index (χ0) is 12.3. The number of hydrogen-bond donors (Lipinski definition) is 1. The highest BCUT2D eigenvalue weighted by Crippen LogP contribution is 2.19. The van der Waals surface area contributed by atoms with E-state index in [2.05, 4.69) is 18.8 Å². The van der Waals surface area contributed by atoms with Crippen molar-refractivity contribution in [2.75, 3.05) is 12.3 Å². The molecule has 0 saturated heterocycles. The van der Waals surface area contributed by atoms with Crippen molar-refractivity contribution >= 4 is 16.6 Å². The highest BCUT2D eigenvalue weighted by atomic mass is 16.5. The van der Waals surface area contributed by atoms with Crippen LogP contribution in [0.15, 0.2) is 30.3 Å². The van der Waals surface area contributed by atoms with E-state index in [1.165, 1.54) is 0 Å². The number of pyridine rings is 1. The lowest BCUT2D eigenvalue weighted by molar-refractivity contribution is 0.248. The van der Waals surface area contributed by atoms with Crippen molar-refractivity contribution in [2.24, 2.45) is 5.92 Å². The maximum absolute atomic E-state index is 5.72. The molecule has 1 aromatic heterocycles. The Morgan fingerprint density at radius 1 is 1.29 bits per heavy atom. The Morgan fingerprint density at radius 2 is 2.12 bits per heavy atom. The van der Waals surface area contributed by atoms with E-state index in [1.807, 2.05) is 30.3 Å². The summed E-state index contributed by atoms with van der Waals surface area (Å²) in [5.41, 5.74) is 7.39. The normalized spacial score (nSPS) is 12.6. The third-order valence-corrected chi connectivity index (χ3v) is 2.90. The summed E-state index contributed by atoms with van der Waals surface area (Å²) < 4.78 is 5.65. The van der Waals surface area contributed by atoms with Gasteiger partial charge in [0.15, 0.2) is 0 Å². The Hall–Kier alpha value is -1.77. The lowest BCUT2D eigenvalue weighted by atomic mass is 10.1. The van der Waals surface area contributed by atoms with Gasteiger partial charge in [-0.25, -0.2) is 4.98 Å². The Balaban J connectivity index is 2.17. The topological polar surface area (TPSA) is 48.1 Å². The summed E-state index contributed by atoms with van der Waals surface area (Å²) in [6, 6.07) is 9.57. The predicted octanol–water partition coefficient (Wildman–Crippen LogP) is 3.24. The lowest BCUT2D eigenvalue weighted by Gasteiger charge is -2.10. The van der Waals surface area contributed by atoms with E-state index in [0.29, 0.717) is 18.4 Å². The molecule has 90 valence electrons. The van der Waals surface area contributed by atoms with Gasteiger partial charge < -0.3 is 10.5 Å². The van der Waals surface area contributed by atoms with Crippen molar-refractivity contribution in [3.8, 4) is 5.88 Å². The zero-order valence-electron chi connectivity index (χ0n) is 10.3. The van der Waals surface area contributed by atoms with Crippen molar-refractivity contribution in [1.82, 2.24) is 4.98 Å². The van der Waals surface area contributed by atoms with Gasteiger partial charge in [0.1, 0.15) is 0 Å². The van der Waals surface area contributed by atoms with Gasteiger partial charge in [-0.2, -0.15) is 0 Å². The Morgan fingerprint density at radius 3 is 2.88 bits per heavy atom. The molecule has 2 rings (SSSR count). The van der Waals surface area contributed by atoms with Crippen molar-refractivity contribution in [1.29, 1.82) is 0 Å². The SMILES string of the molecule is CC[C@H](C)COc1ccc2cc(N)ccc2n1. The summed E-state index contributed by atoms with van der Waals surface area (Å²) in [5.74, 6) is 1.24. The van der Waals surface area contributed by atoms with Gasteiger partial charge in [-0.3, -0.25) is 0 Å². The quantitative estimate of drug-likeness (QED) is 0.820. The zero-order valence-corrected chi connectivity index (χ0v) is 10.3. The summed E-state index contributed by atoms with van der Waals surface area (Å²) in [5, 5.41) is 1.04. The molecule has 0 aliphatic carbocycles. The first-order valence-corrected chi connectivity index (χ1v) is 5.98. The van der Waals surface area contributed by atoms with Crippen LogP contribution >= 0.6 is 0 Å². The monoisotopic (exact) mass is 230 g/mol. The highest BCUT2D eigenvalue weighted by molar-refractivity contribution is 5.82. The fourth-order valence-corrected chi connectivity index (χ4v) is 1.55. The molecule has 1 heterocycles. The largest absolute Gasteiger partial charge is 0.477 e. The molecule has 0 amide bonds. The van der Waals surface area contributed by atoms with E-state index >= 15 is 0 Å². The molecule has 0 spiro atoms. The molecule has 1 aromatic carbocycles. The van der Waals surface area contributed by atoms with E-state index in [1.54, 1.807) is 0 Å². The fourth-order valence-electron chi connectivity index (χ4n) is 1.55. The van der Waals surface area contributed by atoms with Crippen LogP contribution in [0.4, 0.5) is 5.69 Å². The summed E-state index contributed by atoms with van der Waals surface area (Å²) in [4.78, 5) is 4.44. The lowest BCUT2D eigenvalue weighted by Crippen LogP contribution is -2.08. The number of anilines is 1. The average Bonchev–Trinajstić information content (AvgIpc) is 2.35. The van der Waals surface area contributed by atoms with Crippen molar-refractivity contribution < 1.29 is 4.74 Å². The molecule has 0 bridgehead atoms. The second-order valence-electron chi connectivity index (χ2n) is 4.43. The second-order valence-corrected chi connectivity index (χ2v) is 4.43. The van der Waals surface area contributed by atoms with Crippen molar-refractivity contribution in [3.63, 3.8) is 0 Å². The first kappa shape index (κ1) is 11.7. The van der Waals surface area contributed by atoms with E-state index < -0.39 is 0 Å². The van der Waals surface area contributed by atoms with Crippen molar-refractivity contribution in [3.05, 3.63) is 30.3 Å².